The Morgan fingerprint density at radius 2 is 1.78 bits per heavy atom. The third-order valence-electron chi connectivity index (χ3n) is 3.63. The van der Waals surface area contributed by atoms with Crippen LogP contribution in [0.3, 0.4) is 0 Å². The van der Waals surface area contributed by atoms with E-state index in [-0.39, 0.29) is 0 Å². The highest BCUT2D eigenvalue weighted by Crippen LogP contribution is 2.52. The maximum Gasteiger partial charge on any atom is 0.00726 e. The molecule has 2 aliphatic heterocycles. The molecule has 1 nitrogen and oxygen atoms in total. The first kappa shape index (κ1) is 4.73. The summed E-state index contributed by atoms with van der Waals surface area (Å²) in [7, 11) is 0. The van der Waals surface area contributed by atoms with Crippen LogP contribution in [-0.2, 0) is 0 Å². The molecule has 0 radical (unpaired) electrons. The molecule has 0 aromatic rings. The van der Waals surface area contributed by atoms with E-state index in [4.69, 9.17) is 0 Å². The lowest BCUT2D eigenvalue weighted by molar-refractivity contribution is -0.0446. The minimum Gasteiger partial charge on any atom is -0.314 e. The van der Waals surface area contributed by atoms with Crippen LogP contribution in [0.5, 0.6) is 0 Å². The van der Waals surface area contributed by atoms with Crippen molar-refractivity contribution in [2.24, 2.45) is 17.8 Å². The maximum absolute atomic E-state index is 3.58. The quantitative estimate of drug-likeness (QED) is 0.507. The summed E-state index contributed by atoms with van der Waals surface area (Å²) in [6.45, 7) is 1.35. The number of fused-ring (bicyclic) bond motifs is 1. The van der Waals surface area contributed by atoms with Crippen molar-refractivity contribution >= 4 is 0 Å². The molecule has 50 valence electrons. The predicted octanol–water partition coefficient (Wildman–Crippen LogP) is 1.00. The highest BCUT2D eigenvalue weighted by atomic mass is 15.0. The molecule has 0 spiro atoms. The van der Waals surface area contributed by atoms with Crippen molar-refractivity contribution in [3.8, 4) is 0 Å². The molecule has 5 aliphatic rings. The molecule has 2 atom stereocenters. The lowest BCUT2D eigenvalue weighted by atomic mass is 9.53. The van der Waals surface area contributed by atoms with Gasteiger partial charge in [-0.1, -0.05) is 0 Å². The second-order valence-corrected chi connectivity index (χ2v) is 4.00. The summed E-state index contributed by atoms with van der Waals surface area (Å²) in [5.41, 5.74) is 0. The molecule has 2 saturated heterocycles. The Morgan fingerprint density at radius 1 is 1.00 bits per heavy atom. The van der Waals surface area contributed by atoms with Gasteiger partial charge in [-0.15, -0.1) is 0 Å². The highest BCUT2D eigenvalue weighted by Gasteiger charge is 2.49. The van der Waals surface area contributed by atoms with E-state index in [1.165, 1.54) is 19.4 Å². The monoisotopic (exact) mass is 123 g/mol. The average Bonchev–Trinajstić information content (AvgIpc) is 1.88. The van der Waals surface area contributed by atoms with Gasteiger partial charge in [0, 0.05) is 6.04 Å². The fraction of sp³-hybridized carbons (Fsp3) is 1.00. The van der Waals surface area contributed by atoms with Crippen molar-refractivity contribution in [2.45, 2.75) is 25.3 Å². The van der Waals surface area contributed by atoms with Crippen LogP contribution in [-0.4, -0.2) is 12.6 Å². The van der Waals surface area contributed by atoms with E-state index in [9.17, 15) is 0 Å². The van der Waals surface area contributed by atoms with Crippen LogP contribution in [0.25, 0.3) is 0 Å². The Bertz CT molecular complexity index is 128. The molecule has 1 heteroatoms. The van der Waals surface area contributed by atoms with Gasteiger partial charge in [-0.25, -0.2) is 0 Å². The molecule has 1 N–H and O–H groups in total. The van der Waals surface area contributed by atoms with Crippen LogP contribution < -0.4 is 5.32 Å². The number of hydrogen-bond acceptors (Lipinski definition) is 1. The van der Waals surface area contributed by atoms with E-state index in [0.29, 0.717) is 0 Å². The van der Waals surface area contributed by atoms with Crippen LogP contribution in [0, 0.1) is 17.8 Å². The van der Waals surface area contributed by atoms with Gasteiger partial charge in [0.15, 0.2) is 0 Å². The summed E-state index contributed by atoms with van der Waals surface area (Å²) >= 11 is 0. The first-order valence-electron chi connectivity index (χ1n) is 4.17. The van der Waals surface area contributed by atoms with Gasteiger partial charge in [0.1, 0.15) is 0 Å². The van der Waals surface area contributed by atoms with Gasteiger partial charge < -0.3 is 5.32 Å². The van der Waals surface area contributed by atoms with E-state index >= 15 is 0 Å². The van der Waals surface area contributed by atoms with Gasteiger partial charge in [-0.05, 0) is 43.6 Å². The molecule has 5 rings (SSSR count). The fourth-order valence-corrected chi connectivity index (χ4v) is 3.10. The first-order chi connectivity index (χ1) is 4.43. The lowest BCUT2D eigenvalue weighted by Crippen LogP contribution is -2.60. The van der Waals surface area contributed by atoms with Crippen LogP contribution in [0.4, 0.5) is 0 Å². The summed E-state index contributed by atoms with van der Waals surface area (Å²) < 4.78 is 0. The third kappa shape index (κ3) is 0.454. The molecule has 2 unspecified atom stereocenters. The van der Waals surface area contributed by atoms with Crippen molar-refractivity contribution in [3.63, 3.8) is 0 Å². The van der Waals surface area contributed by atoms with E-state index in [0.717, 1.165) is 23.8 Å². The summed E-state index contributed by atoms with van der Waals surface area (Å²) in [4.78, 5) is 0. The van der Waals surface area contributed by atoms with Crippen molar-refractivity contribution in [1.82, 2.24) is 5.32 Å². The normalized spacial score (nSPS) is 61.3. The Hall–Kier alpha value is -0.0400. The van der Waals surface area contributed by atoms with Crippen molar-refractivity contribution in [3.05, 3.63) is 0 Å². The lowest BCUT2D eigenvalue weighted by Gasteiger charge is -2.57. The molecular weight excluding hydrogens is 110 g/mol. The van der Waals surface area contributed by atoms with Gasteiger partial charge in [-0.3, -0.25) is 0 Å². The molecule has 5 fully saturated rings. The maximum atomic E-state index is 3.58. The van der Waals surface area contributed by atoms with Crippen molar-refractivity contribution in [2.75, 3.05) is 6.54 Å². The van der Waals surface area contributed by atoms with E-state index in [2.05, 4.69) is 5.32 Å². The smallest absolute Gasteiger partial charge is 0.00726 e. The van der Waals surface area contributed by atoms with Crippen LogP contribution in [0.2, 0.25) is 0 Å². The Morgan fingerprint density at radius 3 is 2.11 bits per heavy atom. The molecule has 4 bridgehead atoms. The molecule has 0 aromatic carbocycles. The predicted molar refractivity (Wildman–Crippen MR) is 36.1 cm³/mol. The Kier molecular flexibility index (Phi) is 0.704. The van der Waals surface area contributed by atoms with Gasteiger partial charge in [0.05, 0.1) is 0 Å². The summed E-state index contributed by atoms with van der Waals surface area (Å²) in [6, 6.07) is 0.929. The first-order valence-corrected chi connectivity index (χ1v) is 4.17. The SMILES string of the molecule is C1C2CC3CC1C3CN2. The fourth-order valence-electron chi connectivity index (χ4n) is 3.10. The average molecular weight is 123 g/mol. The zero-order valence-electron chi connectivity index (χ0n) is 5.64. The second-order valence-electron chi connectivity index (χ2n) is 4.00. The van der Waals surface area contributed by atoms with E-state index < -0.39 is 0 Å². The molecule has 0 amide bonds. The van der Waals surface area contributed by atoms with Gasteiger partial charge >= 0.3 is 0 Å². The highest BCUT2D eigenvalue weighted by molar-refractivity contribution is 5.03. The van der Waals surface area contributed by atoms with Gasteiger partial charge in [0.25, 0.3) is 0 Å². The zero-order valence-corrected chi connectivity index (χ0v) is 5.64. The molecule has 2 heterocycles. The minimum absolute atomic E-state index is 0.929. The molecule has 3 aliphatic carbocycles. The van der Waals surface area contributed by atoms with Crippen molar-refractivity contribution < 1.29 is 0 Å². The molecule has 0 aromatic heterocycles. The number of rotatable bonds is 0. The number of hydrogen-bond donors (Lipinski definition) is 1. The zero-order chi connectivity index (χ0) is 5.84. The van der Waals surface area contributed by atoms with Crippen LogP contribution in [0.15, 0.2) is 0 Å². The largest absolute Gasteiger partial charge is 0.314 e. The van der Waals surface area contributed by atoms with Gasteiger partial charge in [-0.2, -0.15) is 0 Å². The number of piperidine rings is 2. The van der Waals surface area contributed by atoms with Crippen LogP contribution in [0.1, 0.15) is 19.3 Å². The number of nitrogens with one attached hydrogen (secondary N) is 1. The van der Waals surface area contributed by atoms with Gasteiger partial charge in [0.2, 0.25) is 0 Å². The summed E-state index contributed by atoms with van der Waals surface area (Å²) in [5, 5.41) is 3.58. The minimum atomic E-state index is 0.929. The van der Waals surface area contributed by atoms with Crippen molar-refractivity contribution in [1.29, 1.82) is 0 Å². The Labute approximate surface area is 55.8 Å². The molecule has 3 saturated carbocycles. The van der Waals surface area contributed by atoms with E-state index in [1.807, 2.05) is 0 Å². The third-order valence-corrected chi connectivity index (χ3v) is 3.63. The summed E-state index contributed by atoms with van der Waals surface area (Å²) in [6.07, 6.45) is 4.57. The van der Waals surface area contributed by atoms with E-state index in [1.54, 1.807) is 6.42 Å². The van der Waals surface area contributed by atoms with Crippen LogP contribution >= 0.6 is 0 Å². The topological polar surface area (TPSA) is 12.0 Å². The molecular formula is C8H13N. The second kappa shape index (κ2) is 1.34. The Balaban J connectivity index is 1.93. The molecule has 9 heavy (non-hydrogen) atoms. The summed E-state index contributed by atoms with van der Waals surface area (Å²) in [5.74, 6) is 3.40. The standard InChI is InChI=1S/C8H13N/c1-5-2-7-3-6(1)8(5)4-9-7/h5-9H,1-4H2.